The molecule has 0 fully saturated rings. The first kappa shape index (κ1) is 13.5. The Kier molecular flexibility index (Phi) is 6.10. The van der Waals surface area contributed by atoms with Gasteiger partial charge in [-0.2, -0.15) is 0 Å². The summed E-state index contributed by atoms with van der Waals surface area (Å²) >= 11 is 0. The minimum atomic E-state index is 0.0113. The average molecular weight is 237 g/mol. The summed E-state index contributed by atoms with van der Waals surface area (Å²) in [7, 11) is 0. The van der Waals surface area contributed by atoms with E-state index in [1.807, 2.05) is 19.1 Å². The molecule has 0 atom stereocenters. The minimum Gasteiger partial charge on any atom is -0.508 e. The summed E-state index contributed by atoms with van der Waals surface area (Å²) in [5.74, 6) is 0.270. The summed E-state index contributed by atoms with van der Waals surface area (Å²) in [4.78, 5) is 11.3. The van der Waals surface area contributed by atoms with Gasteiger partial charge in [0.2, 0.25) is 5.91 Å². The minimum absolute atomic E-state index is 0.0113. The highest BCUT2D eigenvalue weighted by atomic mass is 16.5. The van der Waals surface area contributed by atoms with Gasteiger partial charge in [0.15, 0.2) is 0 Å². The number of carbonyl (C=O) groups excluding carboxylic acids is 1. The molecule has 1 aromatic rings. The molecule has 1 rings (SSSR count). The van der Waals surface area contributed by atoms with Crippen LogP contribution in [0.25, 0.3) is 0 Å². The molecule has 2 N–H and O–H groups in total. The van der Waals surface area contributed by atoms with E-state index in [0.717, 1.165) is 12.0 Å². The molecule has 0 heterocycles. The van der Waals surface area contributed by atoms with Crippen LogP contribution in [0, 0.1) is 0 Å². The molecular weight excluding hydrogens is 218 g/mol. The number of aromatic hydroxyl groups is 1. The van der Waals surface area contributed by atoms with Crippen molar-refractivity contribution in [1.29, 1.82) is 0 Å². The van der Waals surface area contributed by atoms with Crippen LogP contribution in [0.5, 0.6) is 5.75 Å². The second kappa shape index (κ2) is 7.68. The molecule has 0 unspecified atom stereocenters. The average Bonchev–Trinajstić information content (AvgIpc) is 2.32. The highest BCUT2D eigenvalue weighted by Crippen LogP contribution is 2.09. The Morgan fingerprint density at radius 3 is 2.71 bits per heavy atom. The summed E-state index contributed by atoms with van der Waals surface area (Å²) in [6, 6.07) is 6.99. The Hall–Kier alpha value is -1.55. The molecule has 94 valence electrons. The standard InChI is InChI=1S/C13H19NO3/c1-2-17-10-8-13(16)14-9-7-11-3-5-12(15)6-4-11/h3-6,15H,2,7-10H2,1H3,(H,14,16). The smallest absolute Gasteiger partial charge is 0.222 e. The van der Waals surface area contributed by atoms with Crippen LogP contribution < -0.4 is 5.32 Å². The largest absolute Gasteiger partial charge is 0.508 e. The van der Waals surface area contributed by atoms with Crippen LogP contribution in [0.4, 0.5) is 0 Å². The Labute approximate surface area is 102 Å². The zero-order valence-corrected chi connectivity index (χ0v) is 10.1. The fraction of sp³-hybridized carbons (Fsp3) is 0.462. The van der Waals surface area contributed by atoms with Crippen molar-refractivity contribution in [3.8, 4) is 5.75 Å². The van der Waals surface area contributed by atoms with Crippen LogP contribution >= 0.6 is 0 Å². The highest BCUT2D eigenvalue weighted by Gasteiger charge is 2.00. The number of phenolic OH excluding ortho intramolecular Hbond substituents is 1. The first-order chi connectivity index (χ1) is 8.22. The summed E-state index contributed by atoms with van der Waals surface area (Å²) in [6.07, 6.45) is 1.17. The van der Waals surface area contributed by atoms with E-state index in [0.29, 0.717) is 26.2 Å². The van der Waals surface area contributed by atoms with Crippen LogP contribution in [0.2, 0.25) is 0 Å². The van der Waals surface area contributed by atoms with Gasteiger partial charge in [-0.05, 0) is 31.0 Å². The van der Waals surface area contributed by atoms with Crippen molar-refractivity contribution in [2.45, 2.75) is 19.8 Å². The van der Waals surface area contributed by atoms with Crippen LogP contribution in [-0.4, -0.2) is 30.8 Å². The number of hydrogen-bond acceptors (Lipinski definition) is 3. The predicted octanol–water partition coefficient (Wildman–Crippen LogP) is 1.48. The lowest BCUT2D eigenvalue weighted by Gasteiger charge is -2.05. The van der Waals surface area contributed by atoms with Gasteiger partial charge in [0.25, 0.3) is 0 Å². The lowest BCUT2D eigenvalue weighted by molar-refractivity contribution is -0.122. The van der Waals surface area contributed by atoms with Crippen LogP contribution in [-0.2, 0) is 16.0 Å². The number of rotatable bonds is 7. The summed E-state index contributed by atoms with van der Waals surface area (Å²) in [5, 5.41) is 11.9. The van der Waals surface area contributed by atoms with Crippen molar-refractivity contribution in [3.05, 3.63) is 29.8 Å². The zero-order valence-electron chi connectivity index (χ0n) is 10.1. The van der Waals surface area contributed by atoms with Gasteiger partial charge < -0.3 is 15.2 Å². The van der Waals surface area contributed by atoms with Crippen molar-refractivity contribution in [2.75, 3.05) is 19.8 Å². The van der Waals surface area contributed by atoms with Gasteiger partial charge in [-0.25, -0.2) is 0 Å². The molecule has 0 saturated carbocycles. The Morgan fingerprint density at radius 2 is 2.06 bits per heavy atom. The molecule has 0 spiro atoms. The van der Waals surface area contributed by atoms with Gasteiger partial charge >= 0.3 is 0 Å². The van der Waals surface area contributed by atoms with Crippen LogP contribution in [0.15, 0.2) is 24.3 Å². The van der Waals surface area contributed by atoms with E-state index < -0.39 is 0 Å². The van der Waals surface area contributed by atoms with Crippen LogP contribution in [0.1, 0.15) is 18.9 Å². The maximum atomic E-state index is 11.3. The number of nitrogens with one attached hydrogen (secondary N) is 1. The summed E-state index contributed by atoms with van der Waals surface area (Å²) in [5.41, 5.74) is 1.09. The fourth-order valence-corrected chi connectivity index (χ4v) is 1.41. The lowest BCUT2D eigenvalue weighted by atomic mass is 10.1. The van der Waals surface area contributed by atoms with E-state index in [1.165, 1.54) is 0 Å². The third-order valence-electron chi connectivity index (χ3n) is 2.35. The number of carbonyl (C=O) groups is 1. The Balaban J connectivity index is 2.14. The SMILES string of the molecule is CCOCCC(=O)NCCc1ccc(O)cc1. The maximum Gasteiger partial charge on any atom is 0.222 e. The van der Waals surface area contributed by atoms with Crippen molar-refractivity contribution in [2.24, 2.45) is 0 Å². The zero-order chi connectivity index (χ0) is 12.5. The molecule has 1 aromatic carbocycles. The van der Waals surface area contributed by atoms with Gasteiger partial charge in [0.05, 0.1) is 6.61 Å². The van der Waals surface area contributed by atoms with E-state index in [9.17, 15) is 4.79 Å². The molecule has 4 heteroatoms. The molecule has 0 aromatic heterocycles. The normalized spacial score (nSPS) is 10.2. The molecule has 0 aliphatic heterocycles. The molecule has 17 heavy (non-hydrogen) atoms. The number of hydrogen-bond donors (Lipinski definition) is 2. The van der Waals surface area contributed by atoms with Crippen LogP contribution in [0.3, 0.4) is 0 Å². The second-order valence-corrected chi connectivity index (χ2v) is 3.71. The number of benzene rings is 1. The van der Waals surface area contributed by atoms with E-state index in [2.05, 4.69) is 5.32 Å². The molecule has 0 saturated heterocycles. The van der Waals surface area contributed by atoms with Crippen molar-refractivity contribution >= 4 is 5.91 Å². The molecule has 0 radical (unpaired) electrons. The van der Waals surface area contributed by atoms with Gasteiger partial charge in [-0.3, -0.25) is 4.79 Å². The van der Waals surface area contributed by atoms with Gasteiger partial charge in [0.1, 0.15) is 5.75 Å². The fourth-order valence-electron chi connectivity index (χ4n) is 1.41. The lowest BCUT2D eigenvalue weighted by Crippen LogP contribution is -2.26. The van der Waals surface area contributed by atoms with Crippen molar-refractivity contribution in [3.63, 3.8) is 0 Å². The van der Waals surface area contributed by atoms with Gasteiger partial charge in [-0.1, -0.05) is 12.1 Å². The molecule has 0 bridgehead atoms. The van der Waals surface area contributed by atoms with E-state index in [4.69, 9.17) is 9.84 Å². The summed E-state index contributed by atoms with van der Waals surface area (Å²) < 4.78 is 5.09. The monoisotopic (exact) mass is 237 g/mol. The van der Waals surface area contributed by atoms with Gasteiger partial charge in [0, 0.05) is 19.6 Å². The van der Waals surface area contributed by atoms with Crippen molar-refractivity contribution < 1.29 is 14.6 Å². The van der Waals surface area contributed by atoms with E-state index in [1.54, 1.807) is 12.1 Å². The third kappa shape index (κ3) is 5.92. The first-order valence-electron chi connectivity index (χ1n) is 5.84. The van der Waals surface area contributed by atoms with Gasteiger partial charge in [-0.15, -0.1) is 0 Å². The van der Waals surface area contributed by atoms with E-state index >= 15 is 0 Å². The summed E-state index contributed by atoms with van der Waals surface area (Å²) in [6.45, 7) is 3.63. The quantitative estimate of drug-likeness (QED) is 0.706. The topological polar surface area (TPSA) is 58.6 Å². The Morgan fingerprint density at radius 1 is 1.35 bits per heavy atom. The maximum absolute atomic E-state index is 11.3. The third-order valence-corrected chi connectivity index (χ3v) is 2.35. The first-order valence-corrected chi connectivity index (χ1v) is 5.84. The predicted molar refractivity (Wildman–Crippen MR) is 65.9 cm³/mol. The second-order valence-electron chi connectivity index (χ2n) is 3.71. The molecular formula is C13H19NO3. The Bertz CT molecular complexity index is 335. The number of amides is 1. The number of phenols is 1. The highest BCUT2D eigenvalue weighted by molar-refractivity contribution is 5.75. The molecule has 4 nitrogen and oxygen atoms in total. The van der Waals surface area contributed by atoms with E-state index in [-0.39, 0.29) is 11.7 Å². The van der Waals surface area contributed by atoms with Crippen molar-refractivity contribution in [1.82, 2.24) is 5.32 Å². The molecule has 0 aliphatic rings. The molecule has 0 aliphatic carbocycles. The number of ether oxygens (including phenoxy) is 1. The molecule has 1 amide bonds.